The molecule has 1 aromatic carbocycles. The number of carbonyl (C=O) groups excluding carboxylic acids is 1. The second-order valence-electron chi connectivity index (χ2n) is 7.82. The number of carbonyl (C=O) groups is 1. The molecule has 1 saturated heterocycles. The molecule has 1 heterocycles. The second kappa shape index (κ2) is 7.87. The smallest absolute Gasteiger partial charge is 0.410 e. The van der Waals surface area contributed by atoms with Gasteiger partial charge in [-0.25, -0.2) is 4.79 Å². The number of ether oxygens (including phenoxy) is 1. The van der Waals surface area contributed by atoms with Crippen LogP contribution in [0.2, 0.25) is 0 Å². The first-order valence-corrected chi connectivity index (χ1v) is 8.98. The summed E-state index contributed by atoms with van der Waals surface area (Å²) in [5.74, 6) is 0.524. The summed E-state index contributed by atoms with van der Waals surface area (Å²) in [6.45, 7) is 11.6. The van der Waals surface area contributed by atoms with Crippen molar-refractivity contribution in [3.63, 3.8) is 0 Å². The van der Waals surface area contributed by atoms with Crippen molar-refractivity contribution in [3.8, 4) is 0 Å². The van der Waals surface area contributed by atoms with E-state index in [-0.39, 0.29) is 6.09 Å². The van der Waals surface area contributed by atoms with Gasteiger partial charge in [-0.2, -0.15) is 0 Å². The molecule has 0 saturated carbocycles. The maximum absolute atomic E-state index is 12.2. The number of amides is 1. The summed E-state index contributed by atoms with van der Waals surface area (Å²) in [6, 6.07) is 6.42. The summed E-state index contributed by atoms with van der Waals surface area (Å²) < 4.78 is 5.50. The van der Waals surface area contributed by atoms with Gasteiger partial charge in [-0.1, -0.05) is 30.4 Å². The lowest BCUT2D eigenvalue weighted by Crippen LogP contribution is -2.37. The van der Waals surface area contributed by atoms with E-state index in [0.29, 0.717) is 5.92 Å². The summed E-state index contributed by atoms with van der Waals surface area (Å²) in [5, 5.41) is 0. The highest BCUT2D eigenvalue weighted by Crippen LogP contribution is 2.23. The van der Waals surface area contributed by atoms with Gasteiger partial charge in [0, 0.05) is 13.1 Å². The molecule has 2 rings (SSSR count). The summed E-state index contributed by atoms with van der Waals surface area (Å²) >= 11 is 0. The summed E-state index contributed by atoms with van der Waals surface area (Å²) in [6.07, 6.45) is 7.57. The van der Waals surface area contributed by atoms with Crippen molar-refractivity contribution >= 4 is 12.2 Å². The average Bonchev–Trinajstić information content (AvgIpc) is 2.70. The largest absolute Gasteiger partial charge is 0.444 e. The van der Waals surface area contributed by atoms with Crippen LogP contribution >= 0.6 is 0 Å². The quantitative estimate of drug-likeness (QED) is 0.731. The fourth-order valence-electron chi connectivity index (χ4n) is 3.15. The Labute approximate surface area is 146 Å². The molecule has 1 aliphatic rings. The number of aryl methyl sites for hydroxylation is 2. The molecular formula is C21H31NO2. The molecule has 0 aromatic heterocycles. The number of benzene rings is 1. The van der Waals surface area contributed by atoms with Gasteiger partial charge in [0.15, 0.2) is 0 Å². The zero-order chi connectivity index (χ0) is 17.7. The third-order valence-electron chi connectivity index (χ3n) is 4.50. The number of hydrogen-bond donors (Lipinski definition) is 0. The third-order valence-corrected chi connectivity index (χ3v) is 4.50. The van der Waals surface area contributed by atoms with Gasteiger partial charge in [-0.15, -0.1) is 0 Å². The van der Waals surface area contributed by atoms with E-state index < -0.39 is 5.60 Å². The van der Waals surface area contributed by atoms with Crippen molar-refractivity contribution in [1.82, 2.24) is 4.90 Å². The number of hydrogen-bond acceptors (Lipinski definition) is 2. The highest BCUT2D eigenvalue weighted by Gasteiger charge is 2.24. The highest BCUT2D eigenvalue weighted by atomic mass is 16.6. The molecule has 0 aliphatic carbocycles. The van der Waals surface area contributed by atoms with Gasteiger partial charge >= 0.3 is 6.09 Å². The van der Waals surface area contributed by atoms with Crippen molar-refractivity contribution in [2.24, 2.45) is 5.92 Å². The zero-order valence-electron chi connectivity index (χ0n) is 15.8. The fraction of sp³-hybridized carbons (Fsp3) is 0.571. The van der Waals surface area contributed by atoms with E-state index in [1.54, 1.807) is 0 Å². The molecule has 1 unspecified atom stereocenters. The highest BCUT2D eigenvalue weighted by molar-refractivity contribution is 5.68. The van der Waals surface area contributed by atoms with E-state index in [9.17, 15) is 4.79 Å². The minimum absolute atomic E-state index is 0.179. The van der Waals surface area contributed by atoms with E-state index in [1.807, 2.05) is 25.7 Å². The maximum Gasteiger partial charge on any atom is 0.410 e. The average molecular weight is 329 g/mol. The molecule has 0 bridgehead atoms. The predicted molar refractivity (Wildman–Crippen MR) is 100 cm³/mol. The second-order valence-corrected chi connectivity index (χ2v) is 7.82. The van der Waals surface area contributed by atoms with Crippen LogP contribution in [0.4, 0.5) is 4.79 Å². The molecule has 0 radical (unpaired) electrons. The number of allylic oxidation sites excluding steroid dienone is 1. The molecule has 0 spiro atoms. The normalized spacial score (nSPS) is 19.4. The van der Waals surface area contributed by atoms with Crippen molar-refractivity contribution in [2.75, 3.05) is 13.1 Å². The number of nitrogens with zero attached hydrogens (tertiary/aromatic N) is 1. The van der Waals surface area contributed by atoms with Crippen molar-refractivity contribution in [3.05, 3.63) is 41.0 Å². The van der Waals surface area contributed by atoms with Crippen LogP contribution in [0.15, 0.2) is 24.3 Å². The van der Waals surface area contributed by atoms with Crippen LogP contribution in [0.5, 0.6) is 0 Å². The Hall–Kier alpha value is -1.77. The minimum Gasteiger partial charge on any atom is -0.444 e. The van der Waals surface area contributed by atoms with Crippen molar-refractivity contribution in [2.45, 2.75) is 59.5 Å². The number of rotatable bonds is 2. The number of likely N-dealkylation sites (tertiary alicyclic amines) is 1. The van der Waals surface area contributed by atoms with Gasteiger partial charge in [0.1, 0.15) is 5.60 Å². The van der Waals surface area contributed by atoms with Crippen molar-refractivity contribution in [1.29, 1.82) is 0 Å². The van der Waals surface area contributed by atoms with Crippen LogP contribution in [0.3, 0.4) is 0 Å². The monoisotopic (exact) mass is 329 g/mol. The van der Waals surface area contributed by atoms with Crippen LogP contribution in [0, 0.1) is 19.8 Å². The third kappa shape index (κ3) is 5.40. The molecule has 1 fully saturated rings. The van der Waals surface area contributed by atoms with Crippen LogP contribution in [-0.4, -0.2) is 29.7 Å². The van der Waals surface area contributed by atoms with Crippen LogP contribution < -0.4 is 0 Å². The molecule has 1 aliphatic heterocycles. The predicted octanol–water partition coefficient (Wildman–Crippen LogP) is 5.35. The van der Waals surface area contributed by atoms with Gasteiger partial charge < -0.3 is 9.64 Å². The van der Waals surface area contributed by atoms with Gasteiger partial charge in [0.25, 0.3) is 0 Å². The van der Waals surface area contributed by atoms with E-state index in [4.69, 9.17) is 4.74 Å². The maximum atomic E-state index is 12.2. The Balaban J connectivity index is 1.96. The fourth-order valence-corrected chi connectivity index (χ4v) is 3.15. The van der Waals surface area contributed by atoms with Crippen LogP contribution in [-0.2, 0) is 4.74 Å². The molecule has 0 N–H and O–H groups in total. The van der Waals surface area contributed by atoms with Crippen LogP contribution in [0.1, 0.15) is 56.7 Å². The molecule has 132 valence electrons. The standard InChI is InChI=1S/C21H31NO2/c1-16-8-6-9-17(2)19(16)12-11-18-10-7-14-22(15-13-18)20(23)24-21(3,4)5/h6,8-9,11-12,18H,7,10,13-15H2,1-5H3/b12-11+. The van der Waals surface area contributed by atoms with Crippen molar-refractivity contribution < 1.29 is 9.53 Å². The van der Waals surface area contributed by atoms with Gasteiger partial charge in [0.2, 0.25) is 0 Å². The summed E-state index contributed by atoms with van der Waals surface area (Å²) in [4.78, 5) is 14.1. The Morgan fingerprint density at radius 2 is 1.83 bits per heavy atom. The first-order valence-electron chi connectivity index (χ1n) is 8.98. The molecule has 1 amide bonds. The molecular weight excluding hydrogens is 298 g/mol. The van der Waals surface area contributed by atoms with Crippen LogP contribution in [0.25, 0.3) is 6.08 Å². The van der Waals surface area contributed by atoms with E-state index in [0.717, 1.165) is 32.4 Å². The Bertz CT molecular complexity index is 578. The first-order chi connectivity index (χ1) is 11.3. The molecule has 24 heavy (non-hydrogen) atoms. The van der Waals surface area contributed by atoms with Gasteiger partial charge in [-0.3, -0.25) is 0 Å². The Morgan fingerprint density at radius 1 is 1.17 bits per heavy atom. The Kier molecular flexibility index (Phi) is 6.09. The SMILES string of the molecule is Cc1cccc(C)c1/C=C/C1CCCN(C(=O)OC(C)(C)C)CC1. The van der Waals surface area contributed by atoms with Gasteiger partial charge in [-0.05, 0) is 76.5 Å². The van der Waals surface area contributed by atoms with E-state index >= 15 is 0 Å². The van der Waals surface area contributed by atoms with E-state index in [2.05, 4.69) is 44.2 Å². The lowest BCUT2D eigenvalue weighted by atomic mass is 9.96. The summed E-state index contributed by atoms with van der Waals surface area (Å²) in [7, 11) is 0. The molecule has 3 nitrogen and oxygen atoms in total. The minimum atomic E-state index is -0.426. The van der Waals surface area contributed by atoms with Gasteiger partial charge in [0.05, 0.1) is 0 Å². The molecule has 1 atom stereocenters. The lowest BCUT2D eigenvalue weighted by molar-refractivity contribution is 0.0256. The topological polar surface area (TPSA) is 29.5 Å². The first kappa shape index (κ1) is 18.6. The molecule has 3 heteroatoms. The lowest BCUT2D eigenvalue weighted by Gasteiger charge is -2.26. The molecule has 1 aromatic rings. The Morgan fingerprint density at radius 3 is 2.46 bits per heavy atom. The van der Waals surface area contributed by atoms with E-state index in [1.165, 1.54) is 16.7 Å². The zero-order valence-corrected chi connectivity index (χ0v) is 15.8. The summed E-state index contributed by atoms with van der Waals surface area (Å²) in [5.41, 5.74) is 3.53.